The van der Waals surface area contributed by atoms with Crippen molar-refractivity contribution in [2.45, 2.75) is 51.4 Å². The van der Waals surface area contributed by atoms with Crippen molar-refractivity contribution in [3.05, 3.63) is 65.4 Å². The Morgan fingerprint density at radius 1 is 1.18 bits per heavy atom. The lowest BCUT2D eigenvalue weighted by Crippen LogP contribution is -2.49. The minimum Gasteiger partial charge on any atom is -0.472 e. The molecular weight excluding hydrogens is 441 g/mol. The summed E-state index contributed by atoms with van der Waals surface area (Å²) in [6.07, 6.45) is 5.38. The first kappa shape index (κ1) is 22.0. The molecule has 1 fully saturated rings. The molecule has 0 saturated carbocycles. The van der Waals surface area contributed by atoms with Gasteiger partial charge in [-0.2, -0.15) is 15.0 Å². The number of aromatic nitrogens is 4. The maximum Gasteiger partial charge on any atom is 0.344 e. The van der Waals surface area contributed by atoms with Crippen LogP contribution in [-0.4, -0.2) is 55.4 Å². The lowest BCUT2D eigenvalue weighted by molar-refractivity contribution is 0.00904. The highest BCUT2D eigenvalue weighted by atomic mass is 19.1. The van der Waals surface area contributed by atoms with E-state index < -0.39 is 29.4 Å². The Balaban J connectivity index is 1.42. The number of amides is 1. The highest BCUT2D eigenvalue weighted by Gasteiger charge is 2.42. The first-order valence-corrected chi connectivity index (χ1v) is 11.1. The molecule has 2 unspecified atom stereocenters. The van der Waals surface area contributed by atoms with E-state index in [1.807, 2.05) is 20.8 Å². The average Bonchev–Trinajstić information content (AvgIpc) is 3.41. The summed E-state index contributed by atoms with van der Waals surface area (Å²) in [6, 6.07) is 5.97. The molecule has 1 amide bonds. The number of cyclic esters (lactones) is 1. The zero-order chi connectivity index (χ0) is 24.0. The third-order valence-corrected chi connectivity index (χ3v) is 6.33. The first-order chi connectivity index (χ1) is 16.3. The zero-order valence-electron chi connectivity index (χ0n) is 19.1. The Kier molecular flexibility index (Phi) is 5.30. The molecule has 0 radical (unpaired) electrons. The van der Waals surface area contributed by atoms with E-state index in [1.165, 1.54) is 29.3 Å². The number of hydrogen-bond donors (Lipinski definition) is 0. The fourth-order valence-corrected chi connectivity index (χ4v) is 4.55. The second-order valence-electron chi connectivity index (χ2n) is 9.01. The van der Waals surface area contributed by atoms with Gasteiger partial charge in [0.2, 0.25) is 5.88 Å². The van der Waals surface area contributed by atoms with Crippen molar-refractivity contribution in [1.82, 2.24) is 24.9 Å². The molecule has 3 aromatic rings. The number of nitrogens with zero attached hydrogens (tertiary/aromatic N) is 5. The number of likely N-dealkylation sites (tertiary alicyclic amines) is 1. The number of benzene rings is 1. The van der Waals surface area contributed by atoms with Crippen molar-refractivity contribution in [2.75, 3.05) is 6.54 Å². The molecule has 10 heteroatoms. The Morgan fingerprint density at radius 3 is 2.71 bits per heavy atom. The van der Waals surface area contributed by atoms with Crippen LogP contribution in [-0.2, 0) is 10.3 Å². The predicted molar refractivity (Wildman–Crippen MR) is 118 cm³/mol. The predicted octanol–water partition coefficient (Wildman–Crippen LogP) is 3.28. The Labute approximate surface area is 195 Å². The highest BCUT2D eigenvalue weighted by molar-refractivity contribution is 5.98. The van der Waals surface area contributed by atoms with Crippen LogP contribution in [0.3, 0.4) is 0 Å². The van der Waals surface area contributed by atoms with Gasteiger partial charge in [0.15, 0.2) is 0 Å². The van der Waals surface area contributed by atoms with E-state index in [-0.39, 0.29) is 29.7 Å². The van der Waals surface area contributed by atoms with Crippen LogP contribution in [0.15, 0.2) is 42.9 Å². The van der Waals surface area contributed by atoms with Crippen LogP contribution < -0.4 is 4.74 Å². The molecule has 34 heavy (non-hydrogen) atoms. The van der Waals surface area contributed by atoms with E-state index in [9.17, 15) is 14.0 Å². The summed E-state index contributed by atoms with van der Waals surface area (Å²) in [7, 11) is 0. The third kappa shape index (κ3) is 3.68. The van der Waals surface area contributed by atoms with Crippen molar-refractivity contribution in [3.8, 4) is 11.6 Å². The van der Waals surface area contributed by atoms with Crippen LogP contribution in [0.1, 0.15) is 59.9 Å². The number of ether oxygens (including phenoxy) is 2. The minimum absolute atomic E-state index is 0.102. The molecule has 5 rings (SSSR count). The van der Waals surface area contributed by atoms with Crippen LogP contribution in [0.5, 0.6) is 5.88 Å². The molecule has 2 atom stereocenters. The maximum absolute atomic E-state index is 14.9. The topological polar surface area (TPSA) is 99.4 Å². The summed E-state index contributed by atoms with van der Waals surface area (Å²) in [4.78, 5) is 33.1. The van der Waals surface area contributed by atoms with E-state index in [2.05, 4.69) is 15.2 Å². The number of pyridine rings is 1. The number of hydrogen-bond acceptors (Lipinski definition) is 7. The number of halogens is 1. The van der Waals surface area contributed by atoms with Crippen molar-refractivity contribution in [3.63, 3.8) is 0 Å². The van der Waals surface area contributed by atoms with E-state index in [4.69, 9.17) is 9.47 Å². The van der Waals surface area contributed by atoms with Gasteiger partial charge in [-0.15, -0.1) is 0 Å². The number of carbonyl (C=O) groups excluding carboxylic acids is 2. The average molecular weight is 465 g/mol. The van der Waals surface area contributed by atoms with Crippen LogP contribution in [0, 0.1) is 5.82 Å². The Morgan fingerprint density at radius 2 is 1.94 bits per heavy atom. The first-order valence-electron chi connectivity index (χ1n) is 11.1. The van der Waals surface area contributed by atoms with Crippen molar-refractivity contribution in [2.24, 2.45) is 0 Å². The second kappa shape index (κ2) is 8.19. The Hall–Kier alpha value is -3.82. The molecule has 1 aromatic carbocycles. The maximum atomic E-state index is 14.9. The monoisotopic (exact) mass is 465 g/mol. The second-order valence-corrected chi connectivity index (χ2v) is 9.01. The molecule has 176 valence electrons. The third-order valence-electron chi connectivity index (χ3n) is 6.33. The molecule has 2 aliphatic rings. The fourth-order valence-electron chi connectivity index (χ4n) is 4.55. The number of carbonyl (C=O) groups is 2. The normalized spacial score (nSPS) is 21.2. The summed E-state index contributed by atoms with van der Waals surface area (Å²) in [5.41, 5.74) is 0.415. The minimum atomic E-state index is -0.766. The molecule has 4 heterocycles. The number of esters is 1. The van der Waals surface area contributed by atoms with Crippen molar-refractivity contribution >= 4 is 11.9 Å². The highest BCUT2D eigenvalue weighted by Crippen LogP contribution is 2.39. The van der Waals surface area contributed by atoms with E-state index >= 15 is 0 Å². The molecule has 0 bridgehead atoms. The van der Waals surface area contributed by atoms with Gasteiger partial charge in [0.25, 0.3) is 5.91 Å². The summed E-state index contributed by atoms with van der Waals surface area (Å²) >= 11 is 0. The fraction of sp³-hybridized carbons (Fsp3) is 0.375. The summed E-state index contributed by atoms with van der Waals surface area (Å²) in [5.74, 6) is -1.42. The molecular formula is C24H24FN5O4. The van der Waals surface area contributed by atoms with Gasteiger partial charge in [0.05, 0.1) is 18.9 Å². The molecule has 9 nitrogen and oxygen atoms in total. The van der Waals surface area contributed by atoms with E-state index in [0.717, 1.165) is 0 Å². The molecule has 2 aromatic heterocycles. The van der Waals surface area contributed by atoms with Gasteiger partial charge < -0.3 is 14.4 Å². The molecule has 0 aliphatic carbocycles. The van der Waals surface area contributed by atoms with Gasteiger partial charge >= 0.3 is 5.97 Å². The van der Waals surface area contributed by atoms with Gasteiger partial charge in [0.1, 0.15) is 34.3 Å². The van der Waals surface area contributed by atoms with Crippen LogP contribution in [0.25, 0.3) is 5.69 Å². The largest absolute Gasteiger partial charge is 0.472 e. The van der Waals surface area contributed by atoms with Gasteiger partial charge in [-0.25, -0.2) is 14.2 Å². The Bertz CT molecular complexity index is 1260. The van der Waals surface area contributed by atoms with E-state index in [1.54, 1.807) is 23.2 Å². The van der Waals surface area contributed by atoms with Gasteiger partial charge in [-0.05, 0) is 51.8 Å². The number of rotatable bonds is 4. The SMILES string of the molecule is CC1CCC(Oc2nccc3c2C(=O)OC3(C)C)CN1C(=O)c1c(F)cccc1-n1nccn1. The molecule has 0 N–H and O–H groups in total. The quantitative estimate of drug-likeness (QED) is 0.545. The summed E-state index contributed by atoms with van der Waals surface area (Å²) < 4.78 is 26.5. The van der Waals surface area contributed by atoms with Crippen molar-refractivity contribution in [1.29, 1.82) is 0 Å². The summed E-state index contributed by atoms with van der Waals surface area (Å²) in [5, 5.41) is 8.10. The lowest BCUT2D eigenvalue weighted by Gasteiger charge is -2.38. The molecule has 2 aliphatic heterocycles. The number of fused-ring (bicyclic) bond motifs is 1. The van der Waals surface area contributed by atoms with Crippen LogP contribution >= 0.6 is 0 Å². The van der Waals surface area contributed by atoms with Crippen LogP contribution in [0.2, 0.25) is 0 Å². The lowest BCUT2D eigenvalue weighted by atomic mass is 9.97. The smallest absolute Gasteiger partial charge is 0.344 e. The molecule has 1 saturated heterocycles. The van der Waals surface area contributed by atoms with Crippen molar-refractivity contribution < 1.29 is 23.5 Å². The standard InChI is InChI=1S/C24H24FN5O4/c1-14-7-8-15(33-21-19-16(9-10-26-21)24(2,3)34-23(19)32)13-29(14)22(31)20-17(25)5-4-6-18(20)30-27-11-12-28-30/h4-6,9-12,14-15H,7-8,13H2,1-3H3. The zero-order valence-corrected chi connectivity index (χ0v) is 19.1. The van der Waals surface area contributed by atoms with Gasteiger partial charge in [-0.3, -0.25) is 4.79 Å². The molecule has 0 spiro atoms. The van der Waals surface area contributed by atoms with Gasteiger partial charge in [-0.1, -0.05) is 6.07 Å². The van der Waals surface area contributed by atoms with Gasteiger partial charge in [0, 0.05) is 17.8 Å². The van der Waals surface area contributed by atoms with Crippen LogP contribution in [0.4, 0.5) is 4.39 Å². The summed E-state index contributed by atoms with van der Waals surface area (Å²) in [6.45, 7) is 5.75. The number of piperidine rings is 1. The van der Waals surface area contributed by atoms with E-state index in [0.29, 0.717) is 24.0 Å².